The van der Waals surface area contributed by atoms with Crippen LogP contribution in [-0.2, 0) is 0 Å². The smallest absolute Gasteiger partial charge is 0.0603 e. The molecule has 0 bridgehead atoms. The van der Waals surface area contributed by atoms with E-state index in [1.54, 1.807) is 11.8 Å². The van der Waals surface area contributed by atoms with E-state index < -0.39 is 0 Å². The van der Waals surface area contributed by atoms with E-state index in [0.29, 0.717) is 16.1 Å². The first-order chi connectivity index (χ1) is 7.09. The van der Waals surface area contributed by atoms with Crippen molar-refractivity contribution in [2.45, 2.75) is 24.8 Å². The Kier molecular flexibility index (Phi) is 5.83. The van der Waals surface area contributed by atoms with E-state index >= 15 is 0 Å². The molecule has 0 aliphatic heterocycles. The van der Waals surface area contributed by atoms with Crippen LogP contribution in [0.25, 0.3) is 0 Å². The first kappa shape index (κ1) is 13.2. The Balaban J connectivity index is 2.35. The third-order valence-corrected chi connectivity index (χ3v) is 3.55. The van der Waals surface area contributed by atoms with Crippen LogP contribution in [0.1, 0.15) is 13.8 Å². The number of hydrogen-bond acceptors (Lipinski definition) is 2. The summed E-state index contributed by atoms with van der Waals surface area (Å²) < 4.78 is 0. The van der Waals surface area contributed by atoms with Gasteiger partial charge in [-0.05, 0) is 18.2 Å². The largest absolute Gasteiger partial charge is 0.314 e. The van der Waals surface area contributed by atoms with E-state index in [2.05, 4.69) is 19.2 Å². The fraction of sp³-hybridized carbons (Fsp3) is 0.455. The average Bonchev–Trinajstić information content (AvgIpc) is 2.18. The fourth-order valence-corrected chi connectivity index (χ4v) is 2.27. The van der Waals surface area contributed by atoms with Crippen molar-refractivity contribution in [3.63, 3.8) is 0 Å². The molecule has 0 aliphatic rings. The molecule has 1 nitrogen and oxygen atoms in total. The van der Waals surface area contributed by atoms with E-state index in [4.69, 9.17) is 23.2 Å². The van der Waals surface area contributed by atoms with Crippen LogP contribution in [0, 0.1) is 0 Å². The first-order valence-electron chi connectivity index (χ1n) is 4.91. The molecule has 0 radical (unpaired) electrons. The summed E-state index contributed by atoms with van der Waals surface area (Å²) in [7, 11) is 0. The summed E-state index contributed by atoms with van der Waals surface area (Å²) >= 11 is 13.5. The van der Waals surface area contributed by atoms with Gasteiger partial charge < -0.3 is 5.32 Å². The lowest BCUT2D eigenvalue weighted by Gasteiger charge is -2.07. The van der Waals surface area contributed by atoms with Crippen LogP contribution in [-0.4, -0.2) is 18.3 Å². The maximum Gasteiger partial charge on any atom is 0.0603 e. The summed E-state index contributed by atoms with van der Waals surface area (Å²) in [5, 5.41) is 4.60. The Labute approximate surface area is 106 Å². The van der Waals surface area contributed by atoms with E-state index in [0.717, 1.165) is 17.2 Å². The van der Waals surface area contributed by atoms with Crippen molar-refractivity contribution in [3.05, 3.63) is 28.2 Å². The molecule has 0 spiro atoms. The van der Waals surface area contributed by atoms with Gasteiger partial charge in [0.25, 0.3) is 0 Å². The second kappa shape index (κ2) is 6.64. The minimum absolute atomic E-state index is 0.541. The highest BCUT2D eigenvalue weighted by molar-refractivity contribution is 7.99. The van der Waals surface area contributed by atoms with Crippen LogP contribution in [0.5, 0.6) is 0 Å². The molecule has 0 fully saturated rings. The molecular weight excluding hydrogens is 249 g/mol. The Morgan fingerprint density at radius 3 is 2.60 bits per heavy atom. The number of thioether (sulfide) groups is 1. The van der Waals surface area contributed by atoms with Crippen molar-refractivity contribution >= 4 is 35.0 Å². The van der Waals surface area contributed by atoms with Gasteiger partial charge in [0.05, 0.1) is 10.0 Å². The average molecular weight is 264 g/mol. The molecule has 4 heteroatoms. The summed E-state index contributed by atoms with van der Waals surface area (Å²) in [5.74, 6) is 1.04. The van der Waals surface area contributed by atoms with Crippen LogP contribution in [0.15, 0.2) is 23.1 Å². The predicted molar refractivity (Wildman–Crippen MR) is 70.3 cm³/mol. The minimum atomic E-state index is 0.541. The zero-order valence-corrected chi connectivity index (χ0v) is 11.2. The Bertz CT molecular complexity index is 315. The summed E-state index contributed by atoms with van der Waals surface area (Å²) in [4.78, 5) is 1.16. The van der Waals surface area contributed by atoms with Gasteiger partial charge in [-0.2, -0.15) is 0 Å². The normalized spacial score (nSPS) is 11.0. The third kappa shape index (κ3) is 5.12. The molecule has 1 N–H and O–H groups in total. The number of benzene rings is 1. The first-order valence-corrected chi connectivity index (χ1v) is 6.65. The van der Waals surface area contributed by atoms with Gasteiger partial charge in [-0.25, -0.2) is 0 Å². The van der Waals surface area contributed by atoms with E-state index in [1.807, 2.05) is 18.2 Å². The lowest BCUT2D eigenvalue weighted by Crippen LogP contribution is -2.24. The summed E-state index contributed by atoms with van der Waals surface area (Å²) in [6, 6.07) is 6.28. The molecular formula is C11H15Cl2NS. The maximum atomic E-state index is 5.92. The molecule has 0 aliphatic carbocycles. The SMILES string of the molecule is CC(C)NCCSc1ccc(Cl)c(Cl)c1. The molecule has 0 saturated heterocycles. The third-order valence-electron chi connectivity index (χ3n) is 1.81. The molecule has 84 valence electrons. The molecule has 1 aromatic rings. The molecule has 0 saturated carbocycles. The quantitative estimate of drug-likeness (QED) is 0.635. The molecule has 15 heavy (non-hydrogen) atoms. The highest BCUT2D eigenvalue weighted by Crippen LogP contribution is 2.27. The molecule has 1 aromatic carbocycles. The van der Waals surface area contributed by atoms with Gasteiger partial charge in [0.2, 0.25) is 0 Å². The second-order valence-corrected chi connectivity index (χ2v) is 5.52. The van der Waals surface area contributed by atoms with Gasteiger partial charge in [-0.3, -0.25) is 0 Å². The van der Waals surface area contributed by atoms with Gasteiger partial charge in [0, 0.05) is 23.2 Å². The molecule has 0 atom stereocenters. The van der Waals surface area contributed by atoms with E-state index in [1.165, 1.54) is 0 Å². The summed E-state index contributed by atoms with van der Waals surface area (Å²) in [6.45, 7) is 5.29. The molecule has 0 heterocycles. The van der Waals surface area contributed by atoms with Crippen LogP contribution in [0.3, 0.4) is 0 Å². The van der Waals surface area contributed by atoms with Gasteiger partial charge in [0.15, 0.2) is 0 Å². The van der Waals surface area contributed by atoms with Crippen LogP contribution < -0.4 is 5.32 Å². The second-order valence-electron chi connectivity index (χ2n) is 3.53. The molecule has 0 amide bonds. The highest BCUT2D eigenvalue weighted by Gasteiger charge is 2.00. The number of nitrogens with one attached hydrogen (secondary N) is 1. The molecule has 1 rings (SSSR count). The van der Waals surface area contributed by atoms with Crippen LogP contribution >= 0.6 is 35.0 Å². The zero-order valence-electron chi connectivity index (χ0n) is 8.89. The Morgan fingerprint density at radius 1 is 1.27 bits per heavy atom. The van der Waals surface area contributed by atoms with Gasteiger partial charge in [0.1, 0.15) is 0 Å². The van der Waals surface area contributed by atoms with Gasteiger partial charge in [-0.1, -0.05) is 37.0 Å². The summed E-state index contributed by atoms with van der Waals surface area (Å²) in [6.07, 6.45) is 0. The van der Waals surface area contributed by atoms with E-state index in [9.17, 15) is 0 Å². The Hall–Kier alpha value is 0.110. The monoisotopic (exact) mass is 263 g/mol. The lowest BCUT2D eigenvalue weighted by atomic mass is 10.4. The van der Waals surface area contributed by atoms with Crippen molar-refractivity contribution in [1.82, 2.24) is 5.32 Å². The van der Waals surface area contributed by atoms with Crippen molar-refractivity contribution in [3.8, 4) is 0 Å². The zero-order chi connectivity index (χ0) is 11.3. The van der Waals surface area contributed by atoms with Crippen molar-refractivity contribution in [1.29, 1.82) is 0 Å². The number of hydrogen-bond donors (Lipinski definition) is 1. The van der Waals surface area contributed by atoms with Crippen molar-refractivity contribution in [2.24, 2.45) is 0 Å². The molecule has 0 unspecified atom stereocenters. The van der Waals surface area contributed by atoms with E-state index in [-0.39, 0.29) is 0 Å². The minimum Gasteiger partial charge on any atom is -0.314 e. The van der Waals surface area contributed by atoms with Crippen LogP contribution in [0.4, 0.5) is 0 Å². The number of halogens is 2. The predicted octanol–water partition coefficient (Wildman–Crippen LogP) is 4.08. The fourth-order valence-electron chi connectivity index (χ4n) is 1.08. The standard InChI is InChI=1S/C11H15Cl2NS/c1-8(2)14-5-6-15-9-3-4-10(12)11(13)7-9/h3-4,7-8,14H,5-6H2,1-2H3. The lowest BCUT2D eigenvalue weighted by molar-refractivity contribution is 0.616. The highest BCUT2D eigenvalue weighted by atomic mass is 35.5. The number of rotatable bonds is 5. The van der Waals surface area contributed by atoms with Crippen molar-refractivity contribution < 1.29 is 0 Å². The Morgan fingerprint density at radius 2 is 2.00 bits per heavy atom. The molecule has 0 aromatic heterocycles. The van der Waals surface area contributed by atoms with Crippen molar-refractivity contribution in [2.75, 3.05) is 12.3 Å². The van der Waals surface area contributed by atoms with Crippen LogP contribution in [0.2, 0.25) is 10.0 Å². The topological polar surface area (TPSA) is 12.0 Å². The summed E-state index contributed by atoms with van der Waals surface area (Å²) in [5.41, 5.74) is 0. The van der Waals surface area contributed by atoms with Gasteiger partial charge >= 0.3 is 0 Å². The maximum absolute atomic E-state index is 5.92. The van der Waals surface area contributed by atoms with Gasteiger partial charge in [-0.15, -0.1) is 11.8 Å².